The van der Waals surface area contributed by atoms with Crippen LogP contribution in [0.3, 0.4) is 0 Å². The Morgan fingerprint density at radius 1 is 0.952 bits per heavy atom. The zero-order valence-electron chi connectivity index (χ0n) is 11.5. The quantitative estimate of drug-likeness (QED) is 0.717. The van der Waals surface area contributed by atoms with Crippen LogP contribution in [0.25, 0.3) is 22.4 Å². The Kier molecular flexibility index (Phi) is 3.40. The van der Waals surface area contributed by atoms with Crippen molar-refractivity contribution in [1.29, 1.82) is 5.26 Å². The van der Waals surface area contributed by atoms with Crippen LogP contribution in [0.4, 0.5) is 0 Å². The van der Waals surface area contributed by atoms with Gasteiger partial charge in [0.25, 0.3) is 0 Å². The highest BCUT2D eigenvalue weighted by atomic mass is 14.8. The molecule has 0 aliphatic carbocycles. The fourth-order valence-corrected chi connectivity index (χ4v) is 2.35. The lowest BCUT2D eigenvalue weighted by Gasteiger charge is -2.12. The molecule has 0 aliphatic rings. The Morgan fingerprint density at radius 2 is 1.81 bits per heavy atom. The maximum Gasteiger partial charge on any atom is 0.116 e. The molecule has 0 aliphatic heterocycles. The number of pyridine rings is 1. The number of rotatable bonds is 2. The maximum absolute atomic E-state index is 9.41. The summed E-state index contributed by atoms with van der Waals surface area (Å²) < 4.78 is 0. The molecule has 2 aromatic heterocycles. The topological polar surface area (TPSA) is 62.5 Å². The van der Waals surface area contributed by atoms with Crippen molar-refractivity contribution in [3.63, 3.8) is 0 Å². The normalized spacial score (nSPS) is 10.1. The summed E-state index contributed by atoms with van der Waals surface area (Å²) in [5, 5.41) is 9.41. The van der Waals surface area contributed by atoms with Crippen LogP contribution >= 0.6 is 0 Å². The number of benzene rings is 1. The summed E-state index contributed by atoms with van der Waals surface area (Å²) in [6, 6.07) is 13.6. The van der Waals surface area contributed by atoms with Crippen molar-refractivity contribution < 1.29 is 0 Å². The van der Waals surface area contributed by atoms with Crippen molar-refractivity contribution in [2.24, 2.45) is 0 Å². The summed E-state index contributed by atoms with van der Waals surface area (Å²) in [5.74, 6) is 0. The van der Waals surface area contributed by atoms with E-state index in [9.17, 15) is 5.26 Å². The minimum absolute atomic E-state index is 0.592. The van der Waals surface area contributed by atoms with Gasteiger partial charge >= 0.3 is 0 Å². The molecule has 0 amide bonds. The number of aromatic nitrogens is 3. The molecule has 4 heteroatoms. The maximum atomic E-state index is 9.41. The molecular weight excluding hydrogens is 260 g/mol. The van der Waals surface area contributed by atoms with Gasteiger partial charge in [0, 0.05) is 29.2 Å². The first kappa shape index (κ1) is 12.9. The van der Waals surface area contributed by atoms with Gasteiger partial charge in [-0.3, -0.25) is 4.98 Å². The second-order valence-corrected chi connectivity index (χ2v) is 4.57. The highest BCUT2D eigenvalue weighted by Gasteiger charge is 2.14. The second-order valence-electron chi connectivity index (χ2n) is 4.57. The molecule has 2 heterocycles. The van der Waals surface area contributed by atoms with Gasteiger partial charge in [-0.2, -0.15) is 5.26 Å². The van der Waals surface area contributed by atoms with Gasteiger partial charge in [-0.15, -0.1) is 0 Å². The van der Waals surface area contributed by atoms with Crippen molar-refractivity contribution in [1.82, 2.24) is 15.0 Å². The van der Waals surface area contributed by atoms with Gasteiger partial charge in [-0.1, -0.05) is 18.2 Å². The van der Waals surface area contributed by atoms with Crippen LogP contribution in [0.1, 0.15) is 11.3 Å². The Balaban J connectivity index is 2.33. The summed E-state index contributed by atoms with van der Waals surface area (Å²) in [7, 11) is 0. The average molecular weight is 272 g/mol. The Hall–Kier alpha value is -3.06. The monoisotopic (exact) mass is 272 g/mol. The molecule has 21 heavy (non-hydrogen) atoms. The molecule has 1 aromatic carbocycles. The Bertz CT molecular complexity index is 820. The smallest absolute Gasteiger partial charge is 0.116 e. The highest BCUT2D eigenvalue weighted by molar-refractivity contribution is 5.86. The van der Waals surface area contributed by atoms with E-state index in [4.69, 9.17) is 0 Å². The molecule has 0 fully saturated rings. The lowest BCUT2D eigenvalue weighted by atomic mass is 9.93. The molecule has 0 bridgehead atoms. The third-order valence-electron chi connectivity index (χ3n) is 3.32. The molecule has 3 aromatic rings. The zero-order valence-corrected chi connectivity index (χ0v) is 11.5. The van der Waals surface area contributed by atoms with Crippen LogP contribution in [0.15, 0.2) is 55.1 Å². The van der Waals surface area contributed by atoms with Gasteiger partial charge in [-0.25, -0.2) is 9.97 Å². The Labute approximate surface area is 122 Å². The number of hydrogen-bond donors (Lipinski definition) is 0. The lowest BCUT2D eigenvalue weighted by Crippen LogP contribution is -1.95. The van der Waals surface area contributed by atoms with Crippen molar-refractivity contribution in [3.05, 3.63) is 66.4 Å². The van der Waals surface area contributed by atoms with E-state index < -0.39 is 0 Å². The third-order valence-corrected chi connectivity index (χ3v) is 3.32. The first-order valence-corrected chi connectivity index (χ1v) is 6.52. The number of nitriles is 1. The van der Waals surface area contributed by atoms with Crippen molar-refractivity contribution in [2.75, 3.05) is 0 Å². The molecule has 3 rings (SSSR count). The van der Waals surface area contributed by atoms with Crippen LogP contribution in [0, 0.1) is 18.3 Å². The molecular formula is C17H12N4. The predicted molar refractivity (Wildman–Crippen MR) is 80.2 cm³/mol. The van der Waals surface area contributed by atoms with Crippen LogP contribution in [0.5, 0.6) is 0 Å². The van der Waals surface area contributed by atoms with Crippen molar-refractivity contribution in [3.8, 4) is 28.5 Å². The van der Waals surface area contributed by atoms with Crippen LogP contribution in [0.2, 0.25) is 0 Å². The molecule has 0 saturated heterocycles. The van der Waals surface area contributed by atoms with Crippen molar-refractivity contribution >= 4 is 0 Å². The summed E-state index contributed by atoms with van der Waals surface area (Å²) in [4.78, 5) is 12.6. The van der Waals surface area contributed by atoms with Gasteiger partial charge in [0.2, 0.25) is 0 Å². The van der Waals surface area contributed by atoms with E-state index in [0.717, 1.165) is 28.1 Å². The van der Waals surface area contributed by atoms with Gasteiger partial charge in [-0.05, 0) is 30.7 Å². The standard InChI is InChI=1S/C17H12N4/c1-12-14(6-3-8-20-12)15-5-2-4-13(10-18)17(15)16-7-9-19-11-21-16/h2-9,11H,1H3. The van der Waals surface area contributed by atoms with E-state index in [0.29, 0.717) is 5.56 Å². The van der Waals surface area contributed by atoms with Crippen molar-refractivity contribution in [2.45, 2.75) is 6.92 Å². The molecule has 0 radical (unpaired) electrons. The van der Waals surface area contributed by atoms with E-state index in [1.807, 2.05) is 37.3 Å². The summed E-state index contributed by atoms with van der Waals surface area (Å²) in [6.45, 7) is 1.96. The first-order chi connectivity index (χ1) is 10.3. The van der Waals surface area contributed by atoms with Gasteiger partial charge in [0.15, 0.2) is 0 Å². The highest BCUT2D eigenvalue weighted by Crippen LogP contribution is 2.34. The predicted octanol–water partition coefficient (Wildman–Crippen LogP) is 3.39. The molecule has 4 nitrogen and oxygen atoms in total. The zero-order chi connectivity index (χ0) is 14.7. The minimum Gasteiger partial charge on any atom is -0.261 e. The minimum atomic E-state index is 0.592. The third kappa shape index (κ3) is 2.37. The fraction of sp³-hybridized carbons (Fsp3) is 0.0588. The van der Waals surface area contributed by atoms with Crippen LogP contribution in [-0.2, 0) is 0 Å². The van der Waals surface area contributed by atoms with Crippen LogP contribution in [-0.4, -0.2) is 15.0 Å². The van der Waals surface area contributed by atoms with Gasteiger partial charge in [0.1, 0.15) is 6.33 Å². The van der Waals surface area contributed by atoms with E-state index in [2.05, 4.69) is 21.0 Å². The lowest BCUT2D eigenvalue weighted by molar-refractivity contribution is 1.17. The number of aryl methyl sites for hydroxylation is 1. The molecule has 100 valence electrons. The second kappa shape index (κ2) is 5.51. The largest absolute Gasteiger partial charge is 0.261 e. The van der Waals surface area contributed by atoms with Gasteiger partial charge < -0.3 is 0 Å². The molecule has 0 unspecified atom stereocenters. The molecule has 0 saturated carbocycles. The molecule has 0 N–H and O–H groups in total. The first-order valence-electron chi connectivity index (χ1n) is 6.52. The van der Waals surface area contributed by atoms with Gasteiger partial charge in [0.05, 0.1) is 17.3 Å². The SMILES string of the molecule is Cc1ncccc1-c1cccc(C#N)c1-c1ccncn1. The van der Waals surface area contributed by atoms with E-state index in [1.165, 1.54) is 6.33 Å². The summed E-state index contributed by atoms with van der Waals surface area (Å²) in [6.07, 6.45) is 4.93. The van der Waals surface area contributed by atoms with E-state index in [1.54, 1.807) is 18.5 Å². The number of nitrogens with zero attached hydrogens (tertiary/aromatic N) is 4. The molecule has 0 atom stereocenters. The van der Waals surface area contributed by atoms with E-state index >= 15 is 0 Å². The number of hydrogen-bond acceptors (Lipinski definition) is 4. The van der Waals surface area contributed by atoms with E-state index in [-0.39, 0.29) is 0 Å². The summed E-state index contributed by atoms with van der Waals surface area (Å²) in [5.41, 5.74) is 5.03. The fourth-order valence-electron chi connectivity index (χ4n) is 2.35. The Morgan fingerprint density at radius 3 is 2.52 bits per heavy atom. The average Bonchev–Trinajstić information content (AvgIpc) is 2.55. The van der Waals surface area contributed by atoms with Crippen LogP contribution < -0.4 is 0 Å². The molecule has 0 spiro atoms. The summed E-state index contributed by atoms with van der Waals surface area (Å²) >= 11 is 0.